The standard InChI is InChI=1S/C20H17N9O2/c1-26-19-16(11-24-26)20(23-12-22-19)28-6-4-27(5-7-28)18-8-13(10-21)15-9-14(29(30)31)2-3-17(15)25-18/h2-3,8-9,11-12H,4-7H2,1H3. The number of pyridine rings is 1. The van der Waals surface area contributed by atoms with E-state index in [1.54, 1.807) is 29.3 Å². The maximum atomic E-state index is 11.1. The Morgan fingerprint density at radius 3 is 2.61 bits per heavy atom. The monoisotopic (exact) mass is 415 g/mol. The second-order valence-corrected chi connectivity index (χ2v) is 7.28. The number of hydrogen-bond acceptors (Lipinski definition) is 9. The Balaban J connectivity index is 1.42. The summed E-state index contributed by atoms with van der Waals surface area (Å²) in [5, 5.41) is 26.3. The van der Waals surface area contributed by atoms with Crippen molar-refractivity contribution in [3.63, 3.8) is 0 Å². The second kappa shape index (κ2) is 7.17. The van der Waals surface area contributed by atoms with Crippen molar-refractivity contribution in [2.75, 3.05) is 36.0 Å². The lowest BCUT2D eigenvalue weighted by atomic mass is 10.1. The average Bonchev–Trinajstić information content (AvgIpc) is 3.19. The fraction of sp³-hybridized carbons (Fsp3) is 0.250. The zero-order chi connectivity index (χ0) is 21.5. The number of fused-ring (bicyclic) bond motifs is 2. The summed E-state index contributed by atoms with van der Waals surface area (Å²) in [7, 11) is 1.85. The molecule has 0 unspecified atom stereocenters. The highest BCUT2D eigenvalue weighted by Gasteiger charge is 2.23. The summed E-state index contributed by atoms with van der Waals surface area (Å²) in [5.41, 5.74) is 1.67. The summed E-state index contributed by atoms with van der Waals surface area (Å²) in [6.07, 6.45) is 3.33. The minimum absolute atomic E-state index is 0.0567. The van der Waals surface area contributed by atoms with Crippen LogP contribution in [-0.2, 0) is 7.05 Å². The summed E-state index contributed by atoms with van der Waals surface area (Å²) in [4.78, 5) is 28.3. The molecule has 11 heteroatoms. The molecule has 0 saturated carbocycles. The Bertz CT molecular complexity index is 1370. The van der Waals surface area contributed by atoms with Crippen LogP contribution in [0, 0.1) is 21.4 Å². The lowest BCUT2D eigenvalue weighted by Crippen LogP contribution is -2.47. The van der Waals surface area contributed by atoms with Gasteiger partial charge in [0.2, 0.25) is 0 Å². The molecule has 0 amide bonds. The first kappa shape index (κ1) is 18.7. The van der Waals surface area contributed by atoms with Crippen molar-refractivity contribution in [1.29, 1.82) is 5.26 Å². The largest absolute Gasteiger partial charge is 0.353 e. The summed E-state index contributed by atoms with van der Waals surface area (Å²) >= 11 is 0. The fourth-order valence-corrected chi connectivity index (χ4v) is 3.92. The molecule has 0 aliphatic carbocycles. The molecule has 4 heterocycles. The molecule has 0 atom stereocenters. The van der Waals surface area contributed by atoms with Crippen molar-refractivity contribution in [3.8, 4) is 6.07 Å². The number of nitriles is 1. The quantitative estimate of drug-likeness (QED) is 0.364. The molecule has 31 heavy (non-hydrogen) atoms. The van der Waals surface area contributed by atoms with Crippen LogP contribution in [0.4, 0.5) is 17.3 Å². The molecule has 0 N–H and O–H groups in total. The van der Waals surface area contributed by atoms with Gasteiger partial charge in [-0.2, -0.15) is 10.4 Å². The summed E-state index contributed by atoms with van der Waals surface area (Å²) < 4.78 is 1.73. The molecule has 4 aromatic rings. The zero-order valence-corrected chi connectivity index (χ0v) is 16.6. The molecule has 1 aromatic carbocycles. The third-order valence-corrected chi connectivity index (χ3v) is 5.52. The highest BCUT2D eigenvalue weighted by molar-refractivity contribution is 5.89. The summed E-state index contributed by atoms with van der Waals surface area (Å²) in [5.74, 6) is 1.54. The number of aromatic nitrogens is 5. The SMILES string of the molecule is Cn1ncc2c(N3CCN(c4cc(C#N)c5cc([N+](=O)[O-])ccc5n4)CC3)ncnc21. The first-order valence-corrected chi connectivity index (χ1v) is 9.67. The van der Waals surface area contributed by atoms with E-state index < -0.39 is 4.92 Å². The van der Waals surface area contributed by atoms with E-state index in [9.17, 15) is 15.4 Å². The number of aryl methyl sites for hydroxylation is 1. The minimum atomic E-state index is -0.472. The van der Waals surface area contributed by atoms with Crippen molar-refractivity contribution in [2.24, 2.45) is 7.05 Å². The van der Waals surface area contributed by atoms with E-state index in [1.165, 1.54) is 12.1 Å². The van der Waals surface area contributed by atoms with E-state index in [0.29, 0.717) is 35.4 Å². The fourth-order valence-electron chi connectivity index (χ4n) is 3.92. The van der Waals surface area contributed by atoms with Crippen LogP contribution in [0.3, 0.4) is 0 Å². The third-order valence-electron chi connectivity index (χ3n) is 5.52. The number of nitro groups is 1. The molecule has 1 aliphatic rings. The highest BCUT2D eigenvalue weighted by atomic mass is 16.6. The Labute approximate surface area is 176 Å². The first-order valence-electron chi connectivity index (χ1n) is 9.67. The molecule has 154 valence electrons. The van der Waals surface area contributed by atoms with Gasteiger partial charge in [-0.25, -0.2) is 15.0 Å². The van der Waals surface area contributed by atoms with Gasteiger partial charge in [-0.15, -0.1) is 0 Å². The van der Waals surface area contributed by atoms with Crippen molar-refractivity contribution >= 4 is 39.3 Å². The number of anilines is 2. The van der Waals surface area contributed by atoms with Crippen LogP contribution in [-0.4, -0.2) is 55.8 Å². The molecule has 0 bridgehead atoms. The van der Waals surface area contributed by atoms with Crippen LogP contribution in [0.15, 0.2) is 36.8 Å². The molecule has 1 saturated heterocycles. The van der Waals surface area contributed by atoms with Gasteiger partial charge in [-0.05, 0) is 12.1 Å². The molecule has 0 radical (unpaired) electrons. The van der Waals surface area contributed by atoms with Gasteiger partial charge in [0.1, 0.15) is 18.0 Å². The van der Waals surface area contributed by atoms with Gasteiger partial charge in [0.25, 0.3) is 5.69 Å². The lowest BCUT2D eigenvalue weighted by Gasteiger charge is -2.36. The lowest BCUT2D eigenvalue weighted by molar-refractivity contribution is -0.384. The molecular formula is C20H17N9O2. The van der Waals surface area contributed by atoms with Gasteiger partial charge in [-0.1, -0.05) is 0 Å². The molecular weight excluding hydrogens is 398 g/mol. The molecule has 11 nitrogen and oxygen atoms in total. The predicted octanol–water partition coefficient (Wildman–Crippen LogP) is 2.02. The Hall–Kier alpha value is -4.33. The van der Waals surface area contributed by atoms with Gasteiger partial charge in [-0.3, -0.25) is 14.8 Å². The summed E-state index contributed by atoms with van der Waals surface area (Å²) in [6, 6.07) is 8.25. The van der Waals surface area contributed by atoms with Gasteiger partial charge in [0, 0.05) is 50.7 Å². The number of nitrogens with zero attached hydrogens (tertiary/aromatic N) is 9. The maximum Gasteiger partial charge on any atom is 0.270 e. The molecule has 1 fully saturated rings. The molecule has 0 spiro atoms. The van der Waals surface area contributed by atoms with Gasteiger partial charge < -0.3 is 9.80 Å². The highest BCUT2D eigenvalue weighted by Crippen LogP contribution is 2.28. The van der Waals surface area contributed by atoms with Crippen molar-refractivity contribution < 1.29 is 4.92 Å². The topological polar surface area (TPSA) is 130 Å². The van der Waals surface area contributed by atoms with Crippen LogP contribution in [0.5, 0.6) is 0 Å². The van der Waals surface area contributed by atoms with Crippen molar-refractivity contribution in [2.45, 2.75) is 0 Å². The number of nitro benzene ring substituents is 1. The van der Waals surface area contributed by atoms with E-state index in [2.05, 4.69) is 35.9 Å². The van der Waals surface area contributed by atoms with Gasteiger partial charge in [0.15, 0.2) is 5.65 Å². The van der Waals surface area contributed by atoms with E-state index in [-0.39, 0.29) is 5.69 Å². The molecule has 1 aliphatic heterocycles. The second-order valence-electron chi connectivity index (χ2n) is 7.28. The Morgan fingerprint density at radius 1 is 1.10 bits per heavy atom. The van der Waals surface area contributed by atoms with Crippen LogP contribution >= 0.6 is 0 Å². The van der Waals surface area contributed by atoms with Crippen LogP contribution in [0.25, 0.3) is 21.9 Å². The third kappa shape index (κ3) is 3.14. The van der Waals surface area contributed by atoms with Gasteiger partial charge >= 0.3 is 0 Å². The van der Waals surface area contributed by atoms with Crippen LogP contribution in [0.1, 0.15) is 5.56 Å². The van der Waals surface area contributed by atoms with Crippen molar-refractivity contribution in [1.82, 2.24) is 24.7 Å². The Morgan fingerprint density at radius 2 is 1.87 bits per heavy atom. The zero-order valence-electron chi connectivity index (χ0n) is 16.6. The normalized spacial score (nSPS) is 14.2. The van der Waals surface area contributed by atoms with E-state index in [1.807, 2.05) is 7.05 Å². The van der Waals surface area contributed by atoms with Crippen LogP contribution < -0.4 is 9.80 Å². The number of rotatable bonds is 3. The summed E-state index contributed by atoms with van der Waals surface area (Å²) in [6.45, 7) is 2.84. The molecule has 3 aromatic heterocycles. The average molecular weight is 415 g/mol. The van der Waals surface area contributed by atoms with Crippen molar-refractivity contribution in [3.05, 3.63) is 52.5 Å². The number of hydrogen-bond donors (Lipinski definition) is 0. The number of benzene rings is 1. The van der Waals surface area contributed by atoms with E-state index >= 15 is 0 Å². The number of non-ortho nitro benzene ring substituents is 1. The van der Waals surface area contributed by atoms with Gasteiger partial charge in [0.05, 0.1) is 33.7 Å². The maximum absolute atomic E-state index is 11.1. The van der Waals surface area contributed by atoms with E-state index in [4.69, 9.17) is 0 Å². The smallest absolute Gasteiger partial charge is 0.270 e. The minimum Gasteiger partial charge on any atom is -0.353 e. The van der Waals surface area contributed by atoms with Crippen LogP contribution in [0.2, 0.25) is 0 Å². The number of piperazine rings is 1. The Kier molecular flexibility index (Phi) is 4.32. The predicted molar refractivity (Wildman–Crippen MR) is 114 cm³/mol. The first-order chi connectivity index (χ1) is 15.0. The van der Waals surface area contributed by atoms with E-state index in [0.717, 1.165) is 29.9 Å². The molecule has 5 rings (SSSR count).